The van der Waals surface area contributed by atoms with Gasteiger partial charge in [0.1, 0.15) is 5.82 Å². The first-order valence-electron chi connectivity index (χ1n) is 8.16. The van der Waals surface area contributed by atoms with Gasteiger partial charge >= 0.3 is 6.18 Å². The molecule has 0 radical (unpaired) electrons. The lowest BCUT2D eigenvalue weighted by molar-refractivity contribution is -0.137. The Labute approximate surface area is 163 Å². The van der Waals surface area contributed by atoms with Crippen molar-refractivity contribution in [3.8, 4) is 11.4 Å². The molecule has 0 saturated heterocycles. The molecule has 0 spiro atoms. The number of benzene rings is 1. The quantitative estimate of drug-likeness (QED) is 0.561. The average molecular weight is 410 g/mol. The fraction of sp³-hybridized carbons (Fsp3) is 0.167. The van der Waals surface area contributed by atoms with Crippen LogP contribution in [-0.2, 0) is 6.18 Å². The summed E-state index contributed by atoms with van der Waals surface area (Å²) in [7, 11) is 0. The summed E-state index contributed by atoms with van der Waals surface area (Å²) in [5.74, 6) is 0.528. The highest BCUT2D eigenvalue weighted by atomic mass is 35.5. The Morgan fingerprint density at radius 1 is 1.04 bits per heavy atom. The third kappa shape index (κ3) is 4.87. The minimum atomic E-state index is -4.48. The van der Waals surface area contributed by atoms with Crippen molar-refractivity contribution in [1.29, 1.82) is 0 Å². The van der Waals surface area contributed by atoms with E-state index in [1.165, 1.54) is 6.07 Å². The molecular weight excluding hydrogens is 395 g/mol. The molecule has 28 heavy (non-hydrogen) atoms. The third-order valence-corrected chi connectivity index (χ3v) is 3.92. The van der Waals surface area contributed by atoms with Crippen LogP contribution in [0.2, 0.25) is 5.02 Å². The number of nitrogens with one attached hydrogen (secondary N) is 2. The van der Waals surface area contributed by atoms with Crippen molar-refractivity contribution in [2.24, 2.45) is 0 Å². The molecule has 2 aromatic heterocycles. The Bertz CT molecular complexity index is 954. The van der Waals surface area contributed by atoms with Gasteiger partial charge in [-0.1, -0.05) is 17.7 Å². The maximum absolute atomic E-state index is 12.8. The van der Waals surface area contributed by atoms with Crippen molar-refractivity contribution in [3.05, 3.63) is 59.2 Å². The lowest BCUT2D eigenvalue weighted by Gasteiger charge is -2.13. The van der Waals surface area contributed by atoms with Gasteiger partial charge in [-0.05, 0) is 30.3 Å². The van der Waals surface area contributed by atoms with Crippen LogP contribution < -0.4 is 10.6 Å². The zero-order valence-corrected chi connectivity index (χ0v) is 15.1. The van der Waals surface area contributed by atoms with E-state index in [1.807, 2.05) is 0 Å². The fourth-order valence-electron chi connectivity index (χ4n) is 2.33. The number of anilines is 3. The van der Waals surface area contributed by atoms with Gasteiger partial charge in [-0.2, -0.15) is 18.2 Å². The van der Waals surface area contributed by atoms with Crippen molar-refractivity contribution in [3.63, 3.8) is 0 Å². The molecule has 0 aliphatic rings. The molecule has 0 amide bonds. The molecule has 0 saturated carbocycles. The normalized spacial score (nSPS) is 11.3. The number of rotatable bonds is 6. The molecule has 0 aliphatic carbocycles. The Kier molecular flexibility index (Phi) is 5.96. The Balaban J connectivity index is 1.95. The van der Waals surface area contributed by atoms with E-state index in [-0.39, 0.29) is 29.8 Å². The fourth-order valence-corrected chi connectivity index (χ4v) is 2.56. The van der Waals surface area contributed by atoms with E-state index in [9.17, 15) is 13.2 Å². The molecule has 0 atom stereocenters. The number of aromatic nitrogens is 3. The number of hydrogen-bond acceptors (Lipinski definition) is 6. The monoisotopic (exact) mass is 409 g/mol. The highest BCUT2D eigenvalue weighted by Gasteiger charge is 2.30. The van der Waals surface area contributed by atoms with E-state index in [0.29, 0.717) is 17.2 Å². The Morgan fingerprint density at radius 3 is 2.50 bits per heavy atom. The topological polar surface area (TPSA) is 83.0 Å². The van der Waals surface area contributed by atoms with Crippen LogP contribution in [0.1, 0.15) is 5.56 Å². The summed E-state index contributed by atoms with van der Waals surface area (Å²) in [6.45, 7) is 0.108. The van der Waals surface area contributed by atoms with Gasteiger partial charge in [0, 0.05) is 18.8 Å². The lowest BCUT2D eigenvalue weighted by Crippen LogP contribution is -2.10. The van der Waals surface area contributed by atoms with Crippen LogP contribution in [-0.4, -0.2) is 33.2 Å². The van der Waals surface area contributed by atoms with Gasteiger partial charge in [0.05, 0.1) is 34.3 Å². The number of aliphatic hydroxyl groups excluding tert-OH is 1. The van der Waals surface area contributed by atoms with Crippen LogP contribution in [0.3, 0.4) is 0 Å². The van der Waals surface area contributed by atoms with E-state index in [2.05, 4.69) is 25.6 Å². The summed E-state index contributed by atoms with van der Waals surface area (Å²) in [5, 5.41) is 14.6. The summed E-state index contributed by atoms with van der Waals surface area (Å²) < 4.78 is 38.4. The van der Waals surface area contributed by atoms with Crippen molar-refractivity contribution < 1.29 is 18.3 Å². The van der Waals surface area contributed by atoms with Gasteiger partial charge in [-0.15, -0.1) is 0 Å². The van der Waals surface area contributed by atoms with Crippen LogP contribution in [0.15, 0.2) is 48.7 Å². The zero-order chi connectivity index (χ0) is 20.1. The molecule has 6 nitrogen and oxygen atoms in total. The van der Waals surface area contributed by atoms with Gasteiger partial charge < -0.3 is 15.7 Å². The van der Waals surface area contributed by atoms with Crippen molar-refractivity contribution >= 4 is 29.1 Å². The largest absolute Gasteiger partial charge is 0.416 e. The summed E-state index contributed by atoms with van der Waals surface area (Å²) in [6, 6.07) is 9.92. The standard InChI is InChI=1S/C18H15ClF3N5O/c19-12-9-11(18(20,21)22)4-5-13(12)25-16-10-15(14-3-1-2-6-23-14)26-17(27-16)24-7-8-28/h1-6,9-10,28H,7-8H2,(H2,24,25,26,27). The molecular formula is C18H15ClF3N5O. The molecule has 2 heterocycles. The molecule has 3 aromatic rings. The molecule has 3 N–H and O–H groups in total. The van der Waals surface area contributed by atoms with Crippen LogP contribution in [0.4, 0.5) is 30.6 Å². The molecule has 0 unspecified atom stereocenters. The van der Waals surface area contributed by atoms with Gasteiger partial charge in [-0.3, -0.25) is 4.98 Å². The predicted octanol–water partition coefficient (Wildman–Crippen LogP) is 4.36. The molecule has 0 aliphatic heterocycles. The van der Waals surface area contributed by atoms with Crippen molar-refractivity contribution in [1.82, 2.24) is 15.0 Å². The Morgan fingerprint density at radius 2 is 1.86 bits per heavy atom. The molecule has 3 rings (SSSR count). The van der Waals surface area contributed by atoms with Crippen LogP contribution >= 0.6 is 11.6 Å². The second kappa shape index (κ2) is 8.41. The number of hydrogen-bond donors (Lipinski definition) is 3. The van der Waals surface area contributed by atoms with Gasteiger partial charge in [0.25, 0.3) is 0 Å². The molecule has 0 bridgehead atoms. The van der Waals surface area contributed by atoms with Crippen LogP contribution in [0.5, 0.6) is 0 Å². The predicted molar refractivity (Wildman–Crippen MR) is 101 cm³/mol. The van der Waals surface area contributed by atoms with Gasteiger partial charge in [0.2, 0.25) is 5.95 Å². The minimum absolute atomic E-state index is 0.0994. The average Bonchev–Trinajstić information content (AvgIpc) is 2.67. The second-order valence-corrected chi connectivity index (χ2v) is 6.05. The number of pyridine rings is 1. The van der Waals surface area contributed by atoms with Crippen molar-refractivity contribution in [2.75, 3.05) is 23.8 Å². The number of halogens is 4. The van der Waals surface area contributed by atoms with E-state index in [4.69, 9.17) is 16.7 Å². The molecule has 1 aromatic carbocycles. The smallest absolute Gasteiger partial charge is 0.395 e. The summed E-state index contributed by atoms with van der Waals surface area (Å²) in [5.41, 5.74) is 0.485. The van der Waals surface area contributed by atoms with Crippen LogP contribution in [0, 0.1) is 0 Å². The highest BCUT2D eigenvalue weighted by molar-refractivity contribution is 6.33. The first kappa shape index (κ1) is 19.8. The zero-order valence-electron chi connectivity index (χ0n) is 14.3. The van der Waals surface area contributed by atoms with E-state index in [0.717, 1.165) is 12.1 Å². The minimum Gasteiger partial charge on any atom is -0.395 e. The summed E-state index contributed by atoms with van der Waals surface area (Å²) in [4.78, 5) is 12.8. The third-order valence-electron chi connectivity index (χ3n) is 3.61. The molecule has 10 heteroatoms. The van der Waals surface area contributed by atoms with E-state index < -0.39 is 11.7 Å². The highest BCUT2D eigenvalue weighted by Crippen LogP contribution is 2.35. The van der Waals surface area contributed by atoms with Crippen LogP contribution in [0.25, 0.3) is 11.4 Å². The number of aliphatic hydroxyl groups is 1. The van der Waals surface area contributed by atoms with Gasteiger partial charge in [-0.25, -0.2) is 4.98 Å². The maximum Gasteiger partial charge on any atom is 0.416 e. The number of alkyl halides is 3. The van der Waals surface area contributed by atoms with E-state index in [1.54, 1.807) is 30.5 Å². The lowest BCUT2D eigenvalue weighted by atomic mass is 10.2. The Hall–Kier alpha value is -2.91. The molecule has 0 fully saturated rings. The van der Waals surface area contributed by atoms with Crippen molar-refractivity contribution in [2.45, 2.75) is 6.18 Å². The summed E-state index contributed by atoms with van der Waals surface area (Å²) >= 11 is 6.00. The maximum atomic E-state index is 12.8. The summed E-state index contributed by atoms with van der Waals surface area (Å²) in [6.07, 6.45) is -2.87. The first-order chi connectivity index (χ1) is 13.4. The molecule has 146 valence electrons. The first-order valence-corrected chi connectivity index (χ1v) is 8.53. The van der Waals surface area contributed by atoms with Gasteiger partial charge in [0.15, 0.2) is 0 Å². The second-order valence-electron chi connectivity index (χ2n) is 5.64. The number of nitrogens with zero attached hydrogens (tertiary/aromatic N) is 3. The SMILES string of the molecule is OCCNc1nc(Nc2ccc(C(F)(F)F)cc2Cl)cc(-c2ccccn2)n1. The van der Waals surface area contributed by atoms with E-state index >= 15 is 0 Å².